The zero-order chi connectivity index (χ0) is 16.2. The highest BCUT2D eigenvalue weighted by Gasteiger charge is 2.37. The third-order valence-corrected chi connectivity index (χ3v) is 4.12. The lowest BCUT2D eigenvalue weighted by Gasteiger charge is -2.18. The second kappa shape index (κ2) is 6.65. The zero-order valence-corrected chi connectivity index (χ0v) is 13.0. The van der Waals surface area contributed by atoms with Gasteiger partial charge in [0, 0.05) is 0 Å². The summed E-state index contributed by atoms with van der Waals surface area (Å²) in [6, 6.07) is 16.7. The Morgan fingerprint density at radius 2 is 1.70 bits per heavy atom. The molecule has 1 saturated carbocycles. The molecule has 1 aliphatic carbocycles. The number of anilines is 1. The van der Waals surface area contributed by atoms with Gasteiger partial charge in [-0.2, -0.15) is 0 Å². The van der Waals surface area contributed by atoms with Gasteiger partial charge in [0.1, 0.15) is 0 Å². The molecule has 4 nitrogen and oxygen atoms in total. The minimum absolute atomic E-state index is 0.0740. The number of nitrogens with one attached hydrogen (secondary N) is 1. The fourth-order valence-electron chi connectivity index (χ4n) is 2.82. The van der Waals surface area contributed by atoms with Crippen LogP contribution in [0.25, 0.3) is 0 Å². The monoisotopic (exact) mass is 309 g/mol. The molecule has 0 heterocycles. The molecule has 0 aliphatic heterocycles. The molecule has 1 fully saturated rings. The average Bonchev–Trinajstić information content (AvgIpc) is 3.40. The largest absolute Gasteiger partial charge is 0.465 e. The Morgan fingerprint density at radius 1 is 1.04 bits per heavy atom. The van der Waals surface area contributed by atoms with Gasteiger partial charge in [-0.25, -0.2) is 4.79 Å². The molecule has 0 saturated heterocycles. The predicted octanol–water partition coefficient (Wildman–Crippen LogP) is 3.61. The number of carbonyl (C=O) groups excluding carboxylic acids is 2. The van der Waals surface area contributed by atoms with Gasteiger partial charge in [0.15, 0.2) is 0 Å². The molecule has 118 valence electrons. The lowest BCUT2D eigenvalue weighted by atomic mass is 9.93. The number of esters is 1. The molecular formula is C19H19NO3. The van der Waals surface area contributed by atoms with Crippen molar-refractivity contribution < 1.29 is 14.3 Å². The smallest absolute Gasteiger partial charge is 0.339 e. The van der Waals surface area contributed by atoms with Crippen molar-refractivity contribution in [3.05, 3.63) is 65.7 Å². The highest BCUT2D eigenvalue weighted by Crippen LogP contribution is 2.43. The number of amides is 1. The average molecular weight is 309 g/mol. The van der Waals surface area contributed by atoms with E-state index in [4.69, 9.17) is 4.74 Å². The Hall–Kier alpha value is -2.62. The van der Waals surface area contributed by atoms with E-state index in [9.17, 15) is 9.59 Å². The number of rotatable bonds is 5. The van der Waals surface area contributed by atoms with E-state index in [1.54, 1.807) is 24.3 Å². The van der Waals surface area contributed by atoms with Crippen LogP contribution in [0.15, 0.2) is 54.6 Å². The van der Waals surface area contributed by atoms with Crippen LogP contribution in [-0.4, -0.2) is 19.0 Å². The Balaban J connectivity index is 1.85. The summed E-state index contributed by atoms with van der Waals surface area (Å²) in [6.07, 6.45) is 2.12. The van der Waals surface area contributed by atoms with Crippen molar-refractivity contribution in [2.75, 3.05) is 12.4 Å². The third-order valence-electron chi connectivity index (χ3n) is 4.12. The van der Waals surface area contributed by atoms with Gasteiger partial charge < -0.3 is 10.1 Å². The first-order valence-corrected chi connectivity index (χ1v) is 7.74. The van der Waals surface area contributed by atoms with Gasteiger partial charge in [-0.05, 0) is 36.5 Å². The quantitative estimate of drug-likeness (QED) is 0.859. The van der Waals surface area contributed by atoms with Gasteiger partial charge in [-0.3, -0.25) is 4.79 Å². The molecule has 0 radical (unpaired) electrons. The van der Waals surface area contributed by atoms with Crippen LogP contribution in [0.1, 0.15) is 34.7 Å². The van der Waals surface area contributed by atoms with Crippen LogP contribution in [0.2, 0.25) is 0 Å². The van der Waals surface area contributed by atoms with Crippen molar-refractivity contribution in [2.24, 2.45) is 5.92 Å². The Labute approximate surface area is 135 Å². The van der Waals surface area contributed by atoms with E-state index < -0.39 is 5.97 Å². The third kappa shape index (κ3) is 3.42. The lowest BCUT2D eigenvalue weighted by molar-refractivity contribution is -0.118. The van der Waals surface area contributed by atoms with Gasteiger partial charge >= 0.3 is 5.97 Å². The van der Waals surface area contributed by atoms with Crippen molar-refractivity contribution >= 4 is 17.6 Å². The molecule has 2 aromatic rings. The van der Waals surface area contributed by atoms with Crippen LogP contribution in [0.4, 0.5) is 5.69 Å². The lowest BCUT2D eigenvalue weighted by Crippen LogP contribution is -2.24. The normalized spacial score (nSPS) is 14.8. The summed E-state index contributed by atoms with van der Waals surface area (Å²) in [5, 5.41) is 2.91. The first kappa shape index (κ1) is 15.3. The second-order valence-corrected chi connectivity index (χ2v) is 5.75. The number of hydrogen-bond donors (Lipinski definition) is 1. The van der Waals surface area contributed by atoms with Crippen LogP contribution in [0.3, 0.4) is 0 Å². The van der Waals surface area contributed by atoms with Crippen molar-refractivity contribution in [3.8, 4) is 0 Å². The van der Waals surface area contributed by atoms with Crippen LogP contribution in [-0.2, 0) is 9.53 Å². The molecule has 1 aliphatic rings. The number of ether oxygens (including phenoxy) is 1. The topological polar surface area (TPSA) is 55.4 Å². The number of methoxy groups -OCH3 is 1. The van der Waals surface area contributed by atoms with E-state index in [2.05, 4.69) is 5.32 Å². The Morgan fingerprint density at radius 3 is 2.35 bits per heavy atom. The summed E-state index contributed by atoms with van der Waals surface area (Å²) in [5.41, 5.74) is 1.87. The molecular weight excluding hydrogens is 290 g/mol. The first-order valence-electron chi connectivity index (χ1n) is 7.74. The molecule has 23 heavy (non-hydrogen) atoms. The molecule has 1 N–H and O–H groups in total. The van der Waals surface area contributed by atoms with E-state index in [-0.39, 0.29) is 11.8 Å². The maximum atomic E-state index is 12.8. The molecule has 1 amide bonds. The molecule has 0 bridgehead atoms. The summed E-state index contributed by atoms with van der Waals surface area (Å²) in [4.78, 5) is 24.6. The van der Waals surface area contributed by atoms with Crippen LogP contribution in [0, 0.1) is 5.92 Å². The molecule has 4 heteroatoms. The Kier molecular flexibility index (Phi) is 4.42. The van der Waals surface area contributed by atoms with Crippen molar-refractivity contribution in [2.45, 2.75) is 18.8 Å². The fourth-order valence-corrected chi connectivity index (χ4v) is 2.82. The van der Waals surface area contributed by atoms with Gasteiger partial charge in [0.25, 0.3) is 0 Å². The molecule has 0 aromatic heterocycles. The van der Waals surface area contributed by atoms with Crippen molar-refractivity contribution in [3.63, 3.8) is 0 Å². The number of hydrogen-bond acceptors (Lipinski definition) is 3. The fraction of sp³-hybridized carbons (Fsp3) is 0.263. The first-order chi connectivity index (χ1) is 11.2. The van der Waals surface area contributed by atoms with Gasteiger partial charge in [-0.15, -0.1) is 0 Å². The maximum absolute atomic E-state index is 12.8. The van der Waals surface area contributed by atoms with E-state index in [1.807, 2.05) is 30.3 Å². The molecule has 3 rings (SSSR count). The molecule has 0 spiro atoms. The predicted molar refractivity (Wildman–Crippen MR) is 88.3 cm³/mol. The van der Waals surface area contributed by atoms with E-state index in [0.717, 1.165) is 18.4 Å². The number of para-hydroxylation sites is 1. The van der Waals surface area contributed by atoms with Crippen LogP contribution >= 0.6 is 0 Å². The zero-order valence-electron chi connectivity index (χ0n) is 13.0. The van der Waals surface area contributed by atoms with Crippen LogP contribution in [0.5, 0.6) is 0 Å². The van der Waals surface area contributed by atoms with E-state index >= 15 is 0 Å². The van der Waals surface area contributed by atoms with Crippen LogP contribution < -0.4 is 5.32 Å². The standard InChI is InChI=1S/C19H19NO3/c1-23-19(22)15-9-5-6-10-16(15)20-18(21)17(14-11-12-14)13-7-3-2-4-8-13/h2-10,14,17H,11-12H2,1H3,(H,20,21). The van der Waals surface area contributed by atoms with E-state index in [1.165, 1.54) is 7.11 Å². The number of carbonyl (C=O) groups is 2. The maximum Gasteiger partial charge on any atom is 0.339 e. The second-order valence-electron chi connectivity index (χ2n) is 5.75. The molecule has 1 atom stereocenters. The highest BCUT2D eigenvalue weighted by molar-refractivity contribution is 6.03. The molecule has 2 aromatic carbocycles. The Bertz CT molecular complexity index is 708. The SMILES string of the molecule is COC(=O)c1ccccc1NC(=O)C(c1ccccc1)C1CC1. The molecule has 1 unspecified atom stereocenters. The highest BCUT2D eigenvalue weighted by atomic mass is 16.5. The van der Waals surface area contributed by atoms with Gasteiger partial charge in [0.2, 0.25) is 5.91 Å². The van der Waals surface area contributed by atoms with Gasteiger partial charge in [-0.1, -0.05) is 42.5 Å². The van der Waals surface area contributed by atoms with E-state index in [0.29, 0.717) is 17.2 Å². The summed E-state index contributed by atoms with van der Waals surface area (Å²) in [5.74, 6) is -0.330. The summed E-state index contributed by atoms with van der Waals surface area (Å²) in [7, 11) is 1.33. The summed E-state index contributed by atoms with van der Waals surface area (Å²) < 4.78 is 4.77. The number of benzene rings is 2. The van der Waals surface area contributed by atoms with Gasteiger partial charge in [0.05, 0.1) is 24.3 Å². The summed E-state index contributed by atoms with van der Waals surface area (Å²) in [6.45, 7) is 0. The summed E-state index contributed by atoms with van der Waals surface area (Å²) >= 11 is 0. The minimum Gasteiger partial charge on any atom is -0.465 e. The van der Waals surface area contributed by atoms with Crippen molar-refractivity contribution in [1.82, 2.24) is 0 Å². The minimum atomic E-state index is -0.455. The van der Waals surface area contributed by atoms with Crippen molar-refractivity contribution in [1.29, 1.82) is 0 Å².